The first-order valence-corrected chi connectivity index (χ1v) is 6.62. The Kier molecular flexibility index (Phi) is 3.18. The number of rotatable bonds is 1. The third-order valence-electron chi connectivity index (χ3n) is 3.05. The van der Waals surface area contributed by atoms with Crippen molar-refractivity contribution in [2.24, 2.45) is 0 Å². The Morgan fingerprint density at radius 3 is 2.78 bits per heavy atom. The van der Waals surface area contributed by atoms with E-state index in [4.69, 9.17) is 4.74 Å². The first-order chi connectivity index (χ1) is 8.74. The molecule has 0 radical (unpaired) electrons. The standard InChI is InChI=1S/C13H12BrFN2O/c14-10-7-9-1-2-13(16-12(9)8-11(10)15)17-3-5-18-6-4-17/h1-2,7-8H,3-6H2. The number of pyridine rings is 1. The maximum atomic E-state index is 13.5. The Labute approximate surface area is 113 Å². The summed E-state index contributed by atoms with van der Waals surface area (Å²) in [7, 11) is 0. The average molecular weight is 311 g/mol. The molecule has 0 aliphatic carbocycles. The fourth-order valence-corrected chi connectivity index (χ4v) is 2.44. The molecule has 0 spiro atoms. The van der Waals surface area contributed by atoms with Crippen LogP contribution >= 0.6 is 15.9 Å². The lowest BCUT2D eigenvalue weighted by Gasteiger charge is -2.27. The van der Waals surface area contributed by atoms with Crippen LogP contribution in [0, 0.1) is 5.82 Å². The van der Waals surface area contributed by atoms with E-state index in [1.165, 1.54) is 6.07 Å². The van der Waals surface area contributed by atoms with Gasteiger partial charge in [0, 0.05) is 24.5 Å². The lowest BCUT2D eigenvalue weighted by atomic mass is 10.2. The zero-order valence-electron chi connectivity index (χ0n) is 9.70. The molecule has 0 saturated carbocycles. The van der Waals surface area contributed by atoms with Gasteiger partial charge in [0.05, 0.1) is 23.2 Å². The topological polar surface area (TPSA) is 25.4 Å². The molecule has 1 fully saturated rings. The lowest BCUT2D eigenvalue weighted by molar-refractivity contribution is 0.122. The molecule has 1 aromatic carbocycles. The molecule has 2 aromatic rings. The van der Waals surface area contributed by atoms with Crippen LogP contribution in [0.4, 0.5) is 10.2 Å². The van der Waals surface area contributed by atoms with Gasteiger partial charge in [0.25, 0.3) is 0 Å². The summed E-state index contributed by atoms with van der Waals surface area (Å²) in [5, 5.41) is 0.931. The SMILES string of the molecule is Fc1cc2nc(N3CCOCC3)ccc2cc1Br. The molecule has 1 aliphatic heterocycles. The zero-order chi connectivity index (χ0) is 12.5. The number of anilines is 1. The van der Waals surface area contributed by atoms with E-state index < -0.39 is 0 Å². The van der Waals surface area contributed by atoms with Gasteiger partial charge in [-0.05, 0) is 34.1 Å². The molecule has 2 heterocycles. The molecule has 3 nitrogen and oxygen atoms in total. The maximum Gasteiger partial charge on any atom is 0.139 e. The number of hydrogen-bond donors (Lipinski definition) is 0. The van der Waals surface area contributed by atoms with E-state index >= 15 is 0 Å². The number of aromatic nitrogens is 1. The number of fused-ring (bicyclic) bond motifs is 1. The fraction of sp³-hybridized carbons (Fsp3) is 0.308. The number of ether oxygens (including phenoxy) is 1. The number of benzene rings is 1. The minimum atomic E-state index is -0.283. The third-order valence-corrected chi connectivity index (χ3v) is 3.66. The Bertz CT molecular complexity index is 584. The second-order valence-corrected chi connectivity index (χ2v) is 5.08. The van der Waals surface area contributed by atoms with Gasteiger partial charge in [-0.2, -0.15) is 0 Å². The molecule has 0 N–H and O–H groups in total. The number of halogens is 2. The second-order valence-electron chi connectivity index (χ2n) is 4.23. The molecule has 0 atom stereocenters. The van der Waals surface area contributed by atoms with E-state index in [0.717, 1.165) is 24.3 Å². The van der Waals surface area contributed by atoms with E-state index in [1.807, 2.05) is 12.1 Å². The average Bonchev–Trinajstić information content (AvgIpc) is 2.41. The van der Waals surface area contributed by atoms with Crippen molar-refractivity contribution < 1.29 is 9.13 Å². The highest BCUT2D eigenvalue weighted by atomic mass is 79.9. The lowest BCUT2D eigenvalue weighted by Crippen LogP contribution is -2.36. The number of nitrogens with zero attached hydrogens (tertiary/aromatic N) is 2. The summed E-state index contributed by atoms with van der Waals surface area (Å²) in [6.45, 7) is 3.10. The Morgan fingerprint density at radius 1 is 1.22 bits per heavy atom. The summed E-state index contributed by atoms with van der Waals surface area (Å²) in [4.78, 5) is 6.67. The highest BCUT2D eigenvalue weighted by molar-refractivity contribution is 9.10. The third kappa shape index (κ3) is 2.20. The summed E-state index contributed by atoms with van der Waals surface area (Å²) in [5.74, 6) is 0.599. The Hall–Kier alpha value is -1.20. The van der Waals surface area contributed by atoms with E-state index in [0.29, 0.717) is 23.2 Å². The minimum absolute atomic E-state index is 0.283. The first-order valence-electron chi connectivity index (χ1n) is 5.82. The van der Waals surface area contributed by atoms with Crippen molar-refractivity contribution in [1.82, 2.24) is 4.98 Å². The van der Waals surface area contributed by atoms with Crippen LogP contribution in [0.1, 0.15) is 0 Å². The predicted octanol–water partition coefficient (Wildman–Crippen LogP) is 2.97. The molecule has 5 heteroatoms. The summed E-state index contributed by atoms with van der Waals surface area (Å²) in [6, 6.07) is 7.15. The first kappa shape index (κ1) is 11.9. The molecule has 0 bridgehead atoms. The molecule has 94 valence electrons. The van der Waals surface area contributed by atoms with Crippen LogP contribution in [-0.4, -0.2) is 31.3 Å². The summed E-state index contributed by atoms with van der Waals surface area (Å²) in [5.41, 5.74) is 0.680. The Balaban J connectivity index is 2.02. The molecule has 3 rings (SSSR count). The largest absolute Gasteiger partial charge is 0.378 e. The van der Waals surface area contributed by atoms with Crippen molar-refractivity contribution >= 4 is 32.7 Å². The van der Waals surface area contributed by atoms with Gasteiger partial charge in [-0.1, -0.05) is 0 Å². The van der Waals surface area contributed by atoms with Crippen molar-refractivity contribution in [2.45, 2.75) is 0 Å². The van der Waals surface area contributed by atoms with Gasteiger partial charge in [-0.25, -0.2) is 9.37 Å². The van der Waals surface area contributed by atoms with Crippen LogP contribution < -0.4 is 4.90 Å². The molecule has 0 unspecified atom stereocenters. The van der Waals surface area contributed by atoms with Crippen molar-refractivity contribution in [2.75, 3.05) is 31.2 Å². The van der Waals surface area contributed by atoms with E-state index in [1.54, 1.807) is 6.07 Å². The molecule has 1 saturated heterocycles. The monoisotopic (exact) mass is 310 g/mol. The maximum absolute atomic E-state index is 13.5. The quantitative estimate of drug-likeness (QED) is 0.809. The van der Waals surface area contributed by atoms with E-state index in [9.17, 15) is 4.39 Å². The van der Waals surface area contributed by atoms with Gasteiger partial charge in [0.15, 0.2) is 0 Å². The van der Waals surface area contributed by atoms with Gasteiger partial charge in [-0.3, -0.25) is 0 Å². The van der Waals surface area contributed by atoms with Gasteiger partial charge in [0.2, 0.25) is 0 Å². The molecular formula is C13H12BrFN2O. The zero-order valence-corrected chi connectivity index (χ0v) is 11.3. The van der Waals surface area contributed by atoms with Crippen molar-refractivity contribution in [3.8, 4) is 0 Å². The van der Waals surface area contributed by atoms with Crippen molar-refractivity contribution in [1.29, 1.82) is 0 Å². The van der Waals surface area contributed by atoms with Crippen molar-refractivity contribution in [3.63, 3.8) is 0 Å². The van der Waals surface area contributed by atoms with Crippen LogP contribution in [0.3, 0.4) is 0 Å². The van der Waals surface area contributed by atoms with Crippen LogP contribution in [0.25, 0.3) is 10.9 Å². The predicted molar refractivity (Wildman–Crippen MR) is 72.4 cm³/mol. The van der Waals surface area contributed by atoms with Crippen molar-refractivity contribution in [3.05, 3.63) is 34.6 Å². The summed E-state index contributed by atoms with van der Waals surface area (Å²) in [6.07, 6.45) is 0. The van der Waals surface area contributed by atoms with Crippen LogP contribution in [0.15, 0.2) is 28.7 Å². The van der Waals surface area contributed by atoms with E-state index in [-0.39, 0.29) is 5.82 Å². The smallest absolute Gasteiger partial charge is 0.139 e. The molecule has 18 heavy (non-hydrogen) atoms. The fourth-order valence-electron chi connectivity index (χ4n) is 2.08. The van der Waals surface area contributed by atoms with Gasteiger partial charge < -0.3 is 9.64 Å². The van der Waals surface area contributed by atoms with Gasteiger partial charge in [0.1, 0.15) is 11.6 Å². The molecule has 1 aliphatic rings. The van der Waals surface area contributed by atoms with Gasteiger partial charge in [-0.15, -0.1) is 0 Å². The molecular weight excluding hydrogens is 299 g/mol. The van der Waals surface area contributed by atoms with Crippen LogP contribution in [0.2, 0.25) is 0 Å². The highest BCUT2D eigenvalue weighted by Crippen LogP contribution is 2.24. The molecule has 1 aromatic heterocycles. The summed E-state index contributed by atoms with van der Waals surface area (Å²) >= 11 is 3.18. The second kappa shape index (κ2) is 4.82. The molecule has 0 amide bonds. The van der Waals surface area contributed by atoms with Gasteiger partial charge >= 0.3 is 0 Å². The normalized spacial score (nSPS) is 16.2. The van der Waals surface area contributed by atoms with Crippen LogP contribution in [0.5, 0.6) is 0 Å². The Morgan fingerprint density at radius 2 is 2.00 bits per heavy atom. The number of morpholine rings is 1. The summed E-state index contributed by atoms with van der Waals surface area (Å²) < 4.78 is 19.3. The highest BCUT2D eigenvalue weighted by Gasteiger charge is 2.13. The van der Waals surface area contributed by atoms with E-state index in [2.05, 4.69) is 25.8 Å². The minimum Gasteiger partial charge on any atom is -0.378 e. The van der Waals surface area contributed by atoms with Crippen LogP contribution in [-0.2, 0) is 4.74 Å². The number of hydrogen-bond acceptors (Lipinski definition) is 3.